The van der Waals surface area contributed by atoms with Crippen LogP contribution >= 0.6 is 0 Å². The molecule has 2 N–H and O–H groups in total. The Morgan fingerprint density at radius 2 is 2.11 bits per heavy atom. The highest BCUT2D eigenvalue weighted by Gasteiger charge is 2.07. The first kappa shape index (κ1) is 12.3. The Labute approximate surface area is 106 Å². The van der Waals surface area contributed by atoms with Crippen LogP contribution in [0.3, 0.4) is 0 Å². The number of nitrogens with zero attached hydrogens (tertiary/aromatic N) is 5. The summed E-state index contributed by atoms with van der Waals surface area (Å²) in [7, 11) is 1.86. The molecular weight excluding hydrogens is 230 g/mol. The molecule has 0 aromatic carbocycles. The Kier molecular flexibility index (Phi) is 4.06. The van der Waals surface area contributed by atoms with Gasteiger partial charge in [0.05, 0.1) is 12.7 Å². The van der Waals surface area contributed by atoms with Crippen LogP contribution in [0.5, 0.6) is 0 Å². The molecule has 18 heavy (non-hydrogen) atoms. The van der Waals surface area contributed by atoms with Crippen molar-refractivity contribution in [1.82, 2.24) is 25.0 Å². The maximum absolute atomic E-state index is 4.27. The van der Waals surface area contributed by atoms with E-state index in [-0.39, 0.29) is 0 Å². The maximum atomic E-state index is 4.27. The fraction of sp³-hybridized carbons (Fsp3) is 0.455. The average Bonchev–Trinajstić information content (AvgIpc) is 2.91. The highest BCUT2D eigenvalue weighted by atomic mass is 15.4. The largest absolute Gasteiger partial charge is 0.373 e. The van der Waals surface area contributed by atoms with Gasteiger partial charge in [0.1, 0.15) is 18.0 Å². The molecule has 0 saturated heterocycles. The van der Waals surface area contributed by atoms with Crippen LogP contribution in [-0.2, 0) is 13.0 Å². The Hall–Kier alpha value is -2.18. The Morgan fingerprint density at radius 1 is 1.28 bits per heavy atom. The van der Waals surface area contributed by atoms with Crippen LogP contribution < -0.4 is 10.6 Å². The summed E-state index contributed by atoms with van der Waals surface area (Å²) in [4.78, 5) is 8.47. The van der Waals surface area contributed by atoms with Crippen LogP contribution in [0.1, 0.15) is 12.5 Å². The second-order valence-corrected chi connectivity index (χ2v) is 3.75. The second kappa shape index (κ2) is 5.95. The van der Waals surface area contributed by atoms with Gasteiger partial charge in [0.15, 0.2) is 0 Å². The quantitative estimate of drug-likeness (QED) is 0.785. The molecule has 7 heteroatoms. The van der Waals surface area contributed by atoms with Gasteiger partial charge in [0, 0.05) is 25.4 Å². The minimum atomic E-state index is 0.747. The molecule has 0 spiro atoms. The Bertz CT molecular complexity index is 480. The summed E-state index contributed by atoms with van der Waals surface area (Å²) < 4.78 is 1.78. The van der Waals surface area contributed by atoms with Crippen LogP contribution in [0.2, 0.25) is 0 Å². The molecule has 0 atom stereocenters. The highest BCUT2D eigenvalue weighted by molar-refractivity contribution is 5.56. The molecule has 0 amide bonds. The molecule has 0 radical (unpaired) electrons. The molecule has 2 heterocycles. The van der Waals surface area contributed by atoms with Gasteiger partial charge in [-0.3, -0.25) is 4.68 Å². The molecule has 0 fully saturated rings. The van der Waals surface area contributed by atoms with Crippen molar-refractivity contribution in [3.63, 3.8) is 0 Å². The predicted molar refractivity (Wildman–Crippen MR) is 69.5 cm³/mol. The first-order chi connectivity index (χ1) is 8.85. The third-order valence-electron chi connectivity index (χ3n) is 2.64. The minimum absolute atomic E-state index is 0.747. The summed E-state index contributed by atoms with van der Waals surface area (Å²) in [5.74, 6) is 1.74. The van der Waals surface area contributed by atoms with E-state index in [1.807, 2.05) is 13.2 Å². The van der Waals surface area contributed by atoms with Gasteiger partial charge in [0.25, 0.3) is 0 Å². The minimum Gasteiger partial charge on any atom is -0.373 e. The van der Waals surface area contributed by atoms with Crippen LogP contribution in [0, 0.1) is 0 Å². The van der Waals surface area contributed by atoms with E-state index in [1.165, 1.54) is 0 Å². The predicted octanol–water partition coefficient (Wildman–Crippen LogP) is 0.784. The molecule has 2 aromatic heterocycles. The van der Waals surface area contributed by atoms with Crippen LogP contribution in [-0.4, -0.2) is 38.6 Å². The number of aromatic nitrogens is 5. The van der Waals surface area contributed by atoms with E-state index in [1.54, 1.807) is 17.2 Å². The van der Waals surface area contributed by atoms with E-state index in [4.69, 9.17) is 0 Å². The molecule has 2 aromatic rings. The standard InChI is InChI=1S/C11H17N7/c1-3-9-10(12-2)14-8-15-11(9)13-4-6-18-7-5-16-17-18/h5,7-8H,3-4,6H2,1-2H3,(H2,12,13,14,15). The first-order valence-electron chi connectivity index (χ1n) is 5.94. The van der Waals surface area contributed by atoms with Gasteiger partial charge in [-0.05, 0) is 6.42 Å². The van der Waals surface area contributed by atoms with Gasteiger partial charge < -0.3 is 10.6 Å². The van der Waals surface area contributed by atoms with Crippen LogP contribution in [0.15, 0.2) is 18.7 Å². The lowest BCUT2D eigenvalue weighted by molar-refractivity contribution is 0.608. The van der Waals surface area contributed by atoms with E-state index in [9.17, 15) is 0 Å². The fourth-order valence-electron chi connectivity index (χ4n) is 1.76. The van der Waals surface area contributed by atoms with Crippen molar-refractivity contribution in [2.75, 3.05) is 24.2 Å². The molecular formula is C11H17N7. The first-order valence-corrected chi connectivity index (χ1v) is 5.94. The van der Waals surface area contributed by atoms with E-state index in [0.29, 0.717) is 0 Å². The van der Waals surface area contributed by atoms with Gasteiger partial charge in [-0.15, -0.1) is 5.10 Å². The highest BCUT2D eigenvalue weighted by Crippen LogP contribution is 2.19. The number of hydrogen-bond donors (Lipinski definition) is 2. The summed E-state index contributed by atoms with van der Waals surface area (Å²) in [6, 6.07) is 0. The number of rotatable bonds is 6. The van der Waals surface area contributed by atoms with Gasteiger partial charge >= 0.3 is 0 Å². The summed E-state index contributed by atoms with van der Waals surface area (Å²) in [5, 5.41) is 14.0. The molecule has 0 aliphatic heterocycles. The summed E-state index contributed by atoms with van der Waals surface area (Å²) >= 11 is 0. The summed E-state index contributed by atoms with van der Waals surface area (Å²) in [6.07, 6.45) is 5.94. The van der Waals surface area contributed by atoms with Crippen molar-refractivity contribution in [3.05, 3.63) is 24.3 Å². The third-order valence-corrected chi connectivity index (χ3v) is 2.64. The molecule has 0 aliphatic rings. The average molecular weight is 247 g/mol. The summed E-state index contributed by atoms with van der Waals surface area (Å²) in [5.41, 5.74) is 1.10. The van der Waals surface area contributed by atoms with Crippen molar-refractivity contribution < 1.29 is 0 Å². The molecule has 0 aliphatic carbocycles. The zero-order valence-corrected chi connectivity index (χ0v) is 10.6. The van der Waals surface area contributed by atoms with Crippen molar-refractivity contribution in [1.29, 1.82) is 0 Å². The van der Waals surface area contributed by atoms with E-state index in [2.05, 4.69) is 37.8 Å². The van der Waals surface area contributed by atoms with E-state index < -0.39 is 0 Å². The lowest BCUT2D eigenvalue weighted by Gasteiger charge is -2.12. The van der Waals surface area contributed by atoms with E-state index >= 15 is 0 Å². The SMILES string of the molecule is CCc1c(NC)ncnc1NCCn1ccnn1. The van der Waals surface area contributed by atoms with Crippen molar-refractivity contribution in [2.24, 2.45) is 0 Å². The third kappa shape index (κ3) is 2.73. The Balaban J connectivity index is 2.00. The second-order valence-electron chi connectivity index (χ2n) is 3.75. The molecule has 96 valence electrons. The Morgan fingerprint density at radius 3 is 2.78 bits per heavy atom. The maximum Gasteiger partial charge on any atom is 0.134 e. The topological polar surface area (TPSA) is 80.5 Å². The molecule has 2 rings (SSSR count). The molecule has 7 nitrogen and oxygen atoms in total. The lowest BCUT2D eigenvalue weighted by atomic mass is 10.2. The van der Waals surface area contributed by atoms with Gasteiger partial charge in [-0.1, -0.05) is 12.1 Å². The fourth-order valence-corrected chi connectivity index (χ4v) is 1.76. The monoisotopic (exact) mass is 247 g/mol. The van der Waals surface area contributed by atoms with Gasteiger partial charge in [-0.2, -0.15) is 0 Å². The molecule has 0 unspecified atom stereocenters. The van der Waals surface area contributed by atoms with Crippen LogP contribution in [0.4, 0.5) is 11.6 Å². The van der Waals surface area contributed by atoms with E-state index in [0.717, 1.165) is 36.7 Å². The number of nitrogens with one attached hydrogen (secondary N) is 2. The number of hydrogen-bond acceptors (Lipinski definition) is 6. The molecule has 0 saturated carbocycles. The van der Waals surface area contributed by atoms with Gasteiger partial charge in [0.2, 0.25) is 0 Å². The van der Waals surface area contributed by atoms with Crippen molar-refractivity contribution in [2.45, 2.75) is 19.9 Å². The molecule has 0 bridgehead atoms. The lowest BCUT2D eigenvalue weighted by Crippen LogP contribution is -2.14. The number of anilines is 2. The van der Waals surface area contributed by atoms with Crippen molar-refractivity contribution in [3.8, 4) is 0 Å². The zero-order chi connectivity index (χ0) is 12.8. The smallest absolute Gasteiger partial charge is 0.134 e. The zero-order valence-electron chi connectivity index (χ0n) is 10.6. The van der Waals surface area contributed by atoms with Crippen LogP contribution in [0.25, 0.3) is 0 Å². The van der Waals surface area contributed by atoms with Gasteiger partial charge in [-0.25, -0.2) is 9.97 Å². The van der Waals surface area contributed by atoms with Crippen molar-refractivity contribution >= 4 is 11.6 Å². The normalized spacial score (nSPS) is 10.3. The summed E-state index contributed by atoms with van der Waals surface area (Å²) in [6.45, 7) is 3.58.